The van der Waals surface area contributed by atoms with Crippen LogP contribution in [-0.4, -0.2) is 20.7 Å². The molecule has 0 aliphatic heterocycles. The fourth-order valence-electron chi connectivity index (χ4n) is 1.79. The van der Waals surface area contributed by atoms with E-state index in [-0.39, 0.29) is 11.7 Å². The molecular weight excluding hydrogens is 248 g/mol. The number of nitrogens with two attached hydrogens (primary N) is 1. The number of nitrogens with one attached hydrogen (secondary N) is 1. The first kappa shape index (κ1) is 15.0. The second-order valence-corrected chi connectivity index (χ2v) is 6.60. The van der Waals surface area contributed by atoms with Crippen LogP contribution in [0.25, 0.3) is 0 Å². The molecule has 4 nitrogen and oxygen atoms in total. The highest BCUT2D eigenvalue weighted by atomic mass is 32.2. The molecule has 0 amide bonds. The topological polar surface area (TPSA) is 72.2 Å². The van der Waals surface area contributed by atoms with E-state index in [0.29, 0.717) is 18.7 Å². The molecule has 0 saturated heterocycles. The Morgan fingerprint density at radius 1 is 1.33 bits per heavy atom. The molecule has 0 bridgehead atoms. The van der Waals surface area contributed by atoms with Gasteiger partial charge < -0.3 is 5.73 Å². The van der Waals surface area contributed by atoms with Crippen molar-refractivity contribution in [2.45, 2.75) is 33.1 Å². The molecule has 1 rings (SSSR count). The second kappa shape index (κ2) is 6.20. The Balaban J connectivity index is 3.03. The predicted octanol–water partition coefficient (Wildman–Crippen LogP) is 2.21. The summed E-state index contributed by atoms with van der Waals surface area (Å²) in [5, 5.41) is 0. The maximum absolute atomic E-state index is 11.9. The Hall–Kier alpha value is -1.07. The van der Waals surface area contributed by atoms with Gasteiger partial charge in [-0.25, -0.2) is 8.42 Å². The molecule has 0 saturated carbocycles. The molecule has 3 N–H and O–H groups in total. The van der Waals surface area contributed by atoms with Crippen molar-refractivity contribution in [3.63, 3.8) is 0 Å². The lowest BCUT2D eigenvalue weighted by atomic mass is 9.99. The first-order chi connectivity index (χ1) is 8.37. The van der Waals surface area contributed by atoms with Gasteiger partial charge in [-0.15, -0.1) is 0 Å². The molecule has 0 aromatic heterocycles. The minimum absolute atomic E-state index is 0.0649. The monoisotopic (exact) mass is 270 g/mol. The van der Waals surface area contributed by atoms with Crippen LogP contribution in [0.3, 0.4) is 0 Å². The van der Waals surface area contributed by atoms with Crippen LogP contribution in [0.5, 0.6) is 0 Å². The zero-order chi connectivity index (χ0) is 13.8. The van der Waals surface area contributed by atoms with Crippen LogP contribution < -0.4 is 10.5 Å². The SMILES string of the molecule is Cc1cccc(C(C)C)c1NS(=O)(=O)CCCN. The molecule has 0 radical (unpaired) electrons. The minimum atomic E-state index is -3.31. The van der Waals surface area contributed by atoms with Crippen LogP contribution in [0, 0.1) is 6.92 Å². The Morgan fingerprint density at radius 2 is 2.00 bits per heavy atom. The van der Waals surface area contributed by atoms with Gasteiger partial charge in [-0.2, -0.15) is 0 Å². The molecule has 102 valence electrons. The molecule has 0 unspecified atom stereocenters. The summed E-state index contributed by atoms with van der Waals surface area (Å²) >= 11 is 0. The summed E-state index contributed by atoms with van der Waals surface area (Å²) in [6.45, 7) is 6.39. The number of aryl methyl sites for hydroxylation is 1. The molecule has 1 aromatic carbocycles. The normalized spacial score (nSPS) is 11.8. The van der Waals surface area contributed by atoms with Crippen molar-refractivity contribution in [1.82, 2.24) is 0 Å². The summed E-state index contributed by atoms with van der Waals surface area (Å²) in [4.78, 5) is 0. The fraction of sp³-hybridized carbons (Fsp3) is 0.538. The molecule has 0 spiro atoms. The van der Waals surface area contributed by atoms with E-state index in [0.717, 1.165) is 11.1 Å². The molecule has 0 heterocycles. The van der Waals surface area contributed by atoms with Gasteiger partial charge in [0, 0.05) is 0 Å². The van der Waals surface area contributed by atoms with Crippen molar-refractivity contribution in [2.75, 3.05) is 17.0 Å². The van der Waals surface area contributed by atoms with Gasteiger partial charge in [0.05, 0.1) is 11.4 Å². The van der Waals surface area contributed by atoms with Crippen LogP contribution >= 0.6 is 0 Å². The smallest absolute Gasteiger partial charge is 0.232 e. The largest absolute Gasteiger partial charge is 0.330 e. The summed E-state index contributed by atoms with van der Waals surface area (Å²) in [7, 11) is -3.31. The molecule has 5 heteroatoms. The first-order valence-corrected chi connectivity index (χ1v) is 7.82. The molecule has 0 aliphatic rings. The van der Waals surface area contributed by atoms with Crippen LogP contribution in [0.15, 0.2) is 18.2 Å². The number of para-hydroxylation sites is 1. The second-order valence-electron chi connectivity index (χ2n) is 4.76. The third kappa shape index (κ3) is 3.99. The lowest BCUT2D eigenvalue weighted by molar-refractivity contribution is 0.598. The van der Waals surface area contributed by atoms with Gasteiger partial charge in [0.15, 0.2) is 0 Å². The molecule has 1 aromatic rings. The number of rotatable bonds is 6. The van der Waals surface area contributed by atoms with Crippen molar-refractivity contribution in [1.29, 1.82) is 0 Å². The third-order valence-electron chi connectivity index (χ3n) is 2.80. The molecule has 0 aliphatic carbocycles. The molecule has 0 atom stereocenters. The summed E-state index contributed by atoms with van der Waals surface area (Å²) in [6.07, 6.45) is 0.470. The van der Waals surface area contributed by atoms with Gasteiger partial charge in [0.25, 0.3) is 0 Å². The van der Waals surface area contributed by atoms with E-state index in [1.807, 2.05) is 39.0 Å². The molecular formula is C13H22N2O2S. The number of benzene rings is 1. The lowest BCUT2D eigenvalue weighted by Gasteiger charge is -2.17. The van der Waals surface area contributed by atoms with Crippen molar-refractivity contribution < 1.29 is 8.42 Å². The number of sulfonamides is 1. The van der Waals surface area contributed by atoms with E-state index in [9.17, 15) is 8.42 Å². The highest BCUT2D eigenvalue weighted by Crippen LogP contribution is 2.28. The highest BCUT2D eigenvalue weighted by molar-refractivity contribution is 7.92. The summed E-state index contributed by atoms with van der Waals surface area (Å²) in [5.74, 6) is 0.340. The zero-order valence-electron chi connectivity index (χ0n) is 11.2. The molecule has 0 fully saturated rings. The van der Waals surface area contributed by atoms with Gasteiger partial charge in [-0.1, -0.05) is 32.0 Å². The standard InChI is InChI=1S/C13H22N2O2S/c1-10(2)12-7-4-6-11(3)13(12)15-18(16,17)9-5-8-14/h4,6-7,10,15H,5,8-9,14H2,1-3H3. The van der Waals surface area contributed by atoms with Crippen molar-refractivity contribution in [3.05, 3.63) is 29.3 Å². The minimum Gasteiger partial charge on any atom is -0.330 e. The Kier molecular flexibility index (Phi) is 5.16. The summed E-state index contributed by atoms with van der Waals surface area (Å²) < 4.78 is 26.5. The maximum atomic E-state index is 11.9. The van der Waals surface area contributed by atoms with Crippen LogP contribution in [-0.2, 0) is 10.0 Å². The van der Waals surface area contributed by atoms with E-state index in [4.69, 9.17) is 5.73 Å². The zero-order valence-corrected chi connectivity index (χ0v) is 12.0. The van der Waals surface area contributed by atoms with Gasteiger partial charge in [0.1, 0.15) is 0 Å². The average molecular weight is 270 g/mol. The fourth-order valence-corrected chi connectivity index (χ4v) is 3.03. The van der Waals surface area contributed by atoms with Crippen molar-refractivity contribution >= 4 is 15.7 Å². The van der Waals surface area contributed by atoms with Gasteiger partial charge in [-0.05, 0) is 36.9 Å². The van der Waals surface area contributed by atoms with Gasteiger partial charge >= 0.3 is 0 Å². The van der Waals surface area contributed by atoms with Crippen LogP contribution in [0.2, 0.25) is 0 Å². The Labute approximate surface area is 110 Å². The molecule has 18 heavy (non-hydrogen) atoms. The third-order valence-corrected chi connectivity index (χ3v) is 4.14. The quantitative estimate of drug-likeness (QED) is 0.832. The van der Waals surface area contributed by atoms with E-state index in [2.05, 4.69) is 4.72 Å². The highest BCUT2D eigenvalue weighted by Gasteiger charge is 2.15. The number of anilines is 1. The van der Waals surface area contributed by atoms with E-state index < -0.39 is 10.0 Å². The van der Waals surface area contributed by atoms with Crippen LogP contribution in [0.4, 0.5) is 5.69 Å². The maximum Gasteiger partial charge on any atom is 0.232 e. The summed E-state index contributed by atoms with van der Waals surface area (Å²) in [5.41, 5.74) is 8.02. The first-order valence-electron chi connectivity index (χ1n) is 6.17. The van der Waals surface area contributed by atoms with E-state index in [1.54, 1.807) is 0 Å². The lowest BCUT2D eigenvalue weighted by Crippen LogP contribution is -2.20. The average Bonchev–Trinajstić information content (AvgIpc) is 2.28. The van der Waals surface area contributed by atoms with E-state index in [1.165, 1.54) is 0 Å². The predicted molar refractivity (Wildman–Crippen MR) is 76.3 cm³/mol. The van der Waals surface area contributed by atoms with Gasteiger partial charge in [0.2, 0.25) is 10.0 Å². The van der Waals surface area contributed by atoms with Gasteiger partial charge in [-0.3, -0.25) is 4.72 Å². The van der Waals surface area contributed by atoms with Crippen molar-refractivity contribution in [3.8, 4) is 0 Å². The van der Waals surface area contributed by atoms with E-state index >= 15 is 0 Å². The summed E-state index contributed by atoms with van der Waals surface area (Å²) in [6, 6.07) is 5.81. The number of hydrogen-bond acceptors (Lipinski definition) is 3. The Bertz CT molecular complexity index is 496. The van der Waals surface area contributed by atoms with Crippen molar-refractivity contribution in [2.24, 2.45) is 5.73 Å². The van der Waals surface area contributed by atoms with Crippen LogP contribution in [0.1, 0.15) is 37.3 Å². The Morgan fingerprint density at radius 3 is 2.56 bits per heavy atom. The number of hydrogen-bond donors (Lipinski definition) is 2.